The lowest BCUT2D eigenvalue weighted by Gasteiger charge is -2.07. The average molecular weight is 236 g/mol. The van der Waals surface area contributed by atoms with Crippen LogP contribution < -0.4 is 0 Å². The highest BCUT2D eigenvalue weighted by atomic mass is 35.5. The van der Waals surface area contributed by atoms with Crippen LogP contribution in [0.15, 0.2) is 30.5 Å². The quantitative estimate of drug-likeness (QED) is 0.643. The lowest BCUT2D eigenvalue weighted by molar-refractivity contribution is 0.0993. The molecule has 3 nitrogen and oxygen atoms in total. The molecule has 0 aliphatic heterocycles. The van der Waals surface area contributed by atoms with Gasteiger partial charge in [0.25, 0.3) is 0 Å². The van der Waals surface area contributed by atoms with E-state index in [4.69, 9.17) is 11.6 Å². The number of Topliss-reactive ketones (excluding diaryl/α,β-unsaturated/α-hetero) is 1. The number of nitrogens with zero attached hydrogens (tertiary/aromatic N) is 1. The number of aromatic nitrogens is 1. The molecule has 82 valence electrons. The Hall–Kier alpha value is -1.61. The number of fused-ring (bicyclic) bond motifs is 1. The van der Waals surface area contributed by atoms with Crippen LogP contribution in [0.5, 0.6) is 5.75 Å². The third kappa shape index (κ3) is 1.74. The molecule has 0 spiro atoms. The molecule has 2 aromatic rings. The highest BCUT2D eigenvalue weighted by Crippen LogP contribution is 2.26. The molecule has 1 heterocycles. The van der Waals surface area contributed by atoms with Gasteiger partial charge in [-0.3, -0.25) is 9.78 Å². The maximum atomic E-state index is 11.8. The molecule has 4 heteroatoms. The molecule has 2 rings (SSSR count). The monoisotopic (exact) mass is 235 g/mol. The van der Waals surface area contributed by atoms with Gasteiger partial charge in [-0.15, -0.1) is 11.6 Å². The molecule has 1 N–H and O–H groups in total. The van der Waals surface area contributed by atoms with E-state index < -0.39 is 5.38 Å². The summed E-state index contributed by atoms with van der Waals surface area (Å²) in [7, 11) is 0. The van der Waals surface area contributed by atoms with Crippen molar-refractivity contribution >= 4 is 28.3 Å². The fraction of sp³-hybridized carbons (Fsp3) is 0.167. The normalized spacial score (nSPS) is 12.6. The van der Waals surface area contributed by atoms with E-state index in [-0.39, 0.29) is 11.5 Å². The highest BCUT2D eigenvalue weighted by molar-refractivity contribution is 6.35. The SMILES string of the molecule is CC(Cl)C(=O)c1ccc(O)c2ncccc12. The lowest BCUT2D eigenvalue weighted by atomic mass is 10.0. The molecule has 0 amide bonds. The molecule has 1 unspecified atom stereocenters. The number of aromatic hydroxyl groups is 1. The van der Waals surface area contributed by atoms with E-state index >= 15 is 0 Å². The predicted molar refractivity (Wildman–Crippen MR) is 63.1 cm³/mol. The van der Waals surface area contributed by atoms with E-state index in [0.717, 1.165) is 0 Å². The van der Waals surface area contributed by atoms with Crippen molar-refractivity contribution in [2.75, 3.05) is 0 Å². The maximum absolute atomic E-state index is 11.8. The molecule has 0 fully saturated rings. The number of pyridine rings is 1. The van der Waals surface area contributed by atoms with Gasteiger partial charge in [0.15, 0.2) is 5.78 Å². The zero-order valence-electron chi connectivity index (χ0n) is 8.64. The molecule has 0 aliphatic rings. The summed E-state index contributed by atoms with van der Waals surface area (Å²) in [5.41, 5.74) is 0.911. The van der Waals surface area contributed by atoms with Crippen LogP contribution >= 0.6 is 11.6 Å². The van der Waals surface area contributed by atoms with Crippen molar-refractivity contribution in [3.05, 3.63) is 36.0 Å². The Labute approximate surface area is 97.7 Å². The number of carbonyl (C=O) groups is 1. The molecule has 0 aliphatic carbocycles. The molecular formula is C12H10ClNO2. The van der Waals surface area contributed by atoms with E-state index in [1.54, 1.807) is 31.3 Å². The van der Waals surface area contributed by atoms with Crippen molar-refractivity contribution < 1.29 is 9.90 Å². The minimum atomic E-state index is -0.590. The largest absolute Gasteiger partial charge is 0.506 e. The number of ketones is 1. The second kappa shape index (κ2) is 4.10. The van der Waals surface area contributed by atoms with Crippen molar-refractivity contribution in [3.8, 4) is 5.75 Å². The van der Waals surface area contributed by atoms with Gasteiger partial charge in [-0.1, -0.05) is 6.07 Å². The molecule has 0 saturated carbocycles. The van der Waals surface area contributed by atoms with E-state index in [1.165, 1.54) is 6.07 Å². The Morgan fingerprint density at radius 2 is 2.19 bits per heavy atom. The van der Waals surface area contributed by atoms with Gasteiger partial charge in [0.2, 0.25) is 0 Å². The Bertz CT molecular complexity index is 552. The summed E-state index contributed by atoms with van der Waals surface area (Å²) >= 11 is 5.77. The van der Waals surface area contributed by atoms with E-state index in [0.29, 0.717) is 16.5 Å². The zero-order valence-corrected chi connectivity index (χ0v) is 9.40. The molecule has 0 saturated heterocycles. The Kier molecular flexibility index (Phi) is 2.79. The van der Waals surface area contributed by atoms with Crippen LogP contribution in [0.3, 0.4) is 0 Å². The third-order valence-electron chi connectivity index (χ3n) is 2.38. The molecule has 1 aromatic carbocycles. The fourth-order valence-corrected chi connectivity index (χ4v) is 1.70. The van der Waals surface area contributed by atoms with Crippen LogP contribution in [0.2, 0.25) is 0 Å². The minimum absolute atomic E-state index is 0.0642. The van der Waals surface area contributed by atoms with Crippen LogP contribution in [0.25, 0.3) is 10.9 Å². The van der Waals surface area contributed by atoms with Gasteiger partial charge in [0, 0.05) is 17.1 Å². The summed E-state index contributed by atoms with van der Waals surface area (Å²) < 4.78 is 0. The highest BCUT2D eigenvalue weighted by Gasteiger charge is 2.16. The Morgan fingerprint density at radius 3 is 2.88 bits per heavy atom. The number of benzene rings is 1. The van der Waals surface area contributed by atoms with E-state index in [2.05, 4.69) is 4.98 Å². The van der Waals surface area contributed by atoms with Gasteiger partial charge in [-0.2, -0.15) is 0 Å². The standard InChI is InChI=1S/C12H10ClNO2/c1-7(13)12(16)9-4-5-10(15)11-8(9)3-2-6-14-11/h2-7,15H,1H3. The number of halogens is 1. The minimum Gasteiger partial charge on any atom is -0.506 e. The molecule has 0 radical (unpaired) electrons. The second-order valence-electron chi connectivity index (χ2n) is 3.51. The first-order valence-corrected chi connectivity index (χ1v) is 5.30. The van der Waals surface area contributed by atoms with Gasteiger partial charge in [-0.05, 0) is 25.1 Å². The van der Waals surface area contributed by atoms with E-state index in [1.807, 2.05) is 0 Å². The number of hydrogen-bond donors (Lipinski definition) is 1. The van der Waals surface area contributed by atoms with Crippen molar-refractivity contribution in [3.63, 3.8) is 0 Å². The number of alkyl halides is 1. The number of hydrogen-bond acceptors (Lipinski definition) is 3. The predicted octanol–water partition coefficient (Wildman–Crippen LogP) is 2.75. The van der Waals surface area contributed by atoms with Gasteiger partial charge in [0.1, 0.15) is 11.3 Å². The van der Waals surface area contributed by atoms with Crippen LogP contribution in [-0.2, 0) is 0 Å². The van der Waals surface area contributed by atoms with Crippen molar-refractivity contribution in [2.45, 2.75) is 12.3 Å². The van der Waals surface area contributed by atoms with Gasteiger partial charge >= 0.3 is 0 Å². The van der Waals surface area contributed by atoms with Gasteiger partial charge < -0.3 is 5.11 Å². The molecule has 1 atom stereocenters. The van der Waals surface area contributed by atoms with E-state index in [9.17, 15) is 9.90 Å². The summed E-state index contributed by atoms with van der Waals surface area (Å²) in [4.78, 5) is 15.9. The Balaban J connectivity index is 2.72. The van der Waals surface area contributed by atoms with Crippen LogP contribution in [0.1, 0.15) is 17.3 Å². The number of phenolic OH excluding ortho intramolecular Hbond substituents is 1. The summed E-state index contributed by atoms with van der Waals surface area (Å²) in [5.74, 6) is -0.103. The number of carbonyl (C=O) groups excluding carboxylic acids is 1. The van der Waals surface area contributed by atoms with Crippen molar-refractivity contribution in [1.29, 1.82) is 0 Å². The fourth-order valence-electron chi connectivity index (χ4n) is 1.59. The van der Waals surface area contributed by atoms with Gasteiger partial charge in [-0.25, -0.2) is 0 Å². The molecule has 1 aromatic heterocycles. The average Bonchev–Trinajstić information content (AvgIpc) is 2.29. The summed E-state index contributed by atoms with van der Waals surface area (Å²) in [5, 5.41) is 9.64. The first-order chi connectivity index (χ1) is 7.61. The number of rotatable bonds is 2. The van der Waals surface area contributed by atoms with Crippen LogP contribution in [0.4, 0.5) is 0 Å². The smallest absolute Gasteiger partial charge is 0.181 e. The number of phenols is 1. The zero-order chi connectivity index (χ0) is 11.7. The third-order valence-corrected chi connectivity index (χ3v) is 2.57. The first kappa shape index (κ1) is 10.9. The van der Waals surface area contributed by atoms with Crippen molar-refractivity contribution in [2.24, 2.45) is 0 Å². The topological polar surface area (TPSA) is 50.2 Å². The lowest BCUT2D eigenvalue weighted by Crippen LogP contribution is -2.11. The van der Waals surface area contributed by atoms with Gasteiger partial charge in [0.05, 0.1) is 5.38 Å². The van der Waals surface area contributed by atoms with Crippen LogP contribution in [-0.4, -0.2) is 21.3 Å². The second-order valence-corrected chi connectivity index (χ2v) is 4.17. The summed E-state index contributed by atoms with van der Waals surface area (Å²) in [6.45, 7) is 1.62. The summed E-state index contributed by atoms with van der Waals surface area (Å²) in [6.07, 6.45) is 1.57. The van der Waals surface area contributed by atoms with Crippen molar-refractivity contribution in [1.82, 2.24) is 4.98 Å². The molecule has 0 bridgehead atoms. The Morgan fingerprint density at radius 1 is 1.44 bits per heavy atom. The first-order valence-electron chi connectivity index (χ1n) is 4.86. The molecule has 16 heavy (non-hydrogen) atoms. The maximum Gasteiger partial charge on any atom is 0.181 e. The summed E-state index contributed by atoms with van der Waals surface area (Å²) in [6, 6.07) is 6.49. The molecular weight excluding hydrogens is 226 g/mol. The van der Waals surface area contributed by atoms with Crippen LogP contribution in [0, 0.1) is 0 Å².